The second kappa shape index (κ2) is 4.77. The van der Waals surface area contributed by atoms with Gasteiger partial charge in [-0.05, 0) is 6.42 Å². The van der Waals surface area contributed by atoms with Crippen LogP contribution in [0.15, 0.2) is 0 Å². The highest BCUT2D eigenvalue weighted by Gasteiger charge is 2.65. The molecule has 0 spiro atoms. The van der Waals surface area contributed by atoms with Gasteiger partial charge >= 0.3 is 17.2 Å². The standard InChI is InChI=1S/C9H8F2O8S/c10-9(11,20-19-18-14)8(13)17-5-3-1-2-4(15-3)6(5)16-7(2)12/h2-6,14H,1H2/p-1. The molecule has 0 aromatic carbocycles. The van der Waals surface area contributed by atoms with Gasteiger partial charge in [-0.2, -0.15) is 13.1 Å². The Labute approximate surface area is 114 Å². The Morgan fingerprint density at radius 1 is 1.45 bits per heavy atom. The average molecular weight is 313 g/mol. The monoisotopic (exact) mass is 313 g/mol. The third kappa shape index (κ3) is 2.05. The van der Waals surface area contributed by atoms with Crippen molar-refractivity contribution in [2.75, 3.05) is 0 Å². The van der Waals surface area contributed by atoms with Crippen molar-refractivity contribution in [2.45, 2.75) is 36.1 Å². The molecule has 5 unspecified atom stereocenters. The van der Waals surface area contributed by atoms with E-state index in [1.54, 1.807) is 0 Å². The maximum atomic E-state index is 13.2. The second-order valence-corrected chi connectivity index (χ2v) is 5.30. The van der Waals surface area contributed by atoms with E-state index in [1.807, 2.05) is 0 Å². The van der Waals surface area contributed by atoms with E-state index in [9.17, 15) is 23.6 Å². The van der Waals surface area contributed by atoms with Gasteiger partial charge in [0.2, 0.25) is 0 Å². The summed E-state index contributed by atoms with van der Waals surface area (Å²) in [7, 11) is 0. The van der Waals surface area contributed by atoms with Crippen molar-refractivity contribution < 1.29 is 47.2 Å². The molecule has 2 bridgehead atoms. The van der Waals surface area contributed by atoms with Gasteiger partial charge < -0.3 is 19.5 Å². The fourth-order valence-corrected chi connectivity index (χ4v) is 2.89. The fourth-order valence-electron chi connectivity index (χ4n) is 2.66. The average Bonchev–Trinajstić information content (AvgIpc) is 3.00. The number of halogens is 2. The number of esters is 2. The van der Waals surface area contributed by atoms with Crippen LogP contribution in [0.25, 0.3) is 0 Å². The summed E-state index contributed by atoms with van der Waals surface area (Å²) < 4.78 is 44.8. The number of hydrogen-bond donors (Lipinski definition) is 0. The van der Waals surface area contributed by atoms with Crippen LogP contribution in [0, 0.1) is 5.92 Å². The molecule has 5 atom stereocenters. The largest absolute Gasteiger partial charge is 0.691 e. The van der Waals surface area contributed by atoms with E-state index >= 15 is 0 Å². The number of hydrogen-bond acceptors (Lipinski definition) is 9. The van der Waals surface area contributed by atoms with Crippen LogP contribution < -0.4 is 5.26 Å². The maximum Gasteiger partial charge on any atom is 0.415 e. The first-order valence-corrected chi connectivity index (χ1v) is 6.27. The lowest BCUT2D eigenvalue weighted by atomic mass is 9.88. The molecule has 0 aromatic heterocycles. The van der Waals surface area contributed by atoms with Gasteiger partial charge in [-0.1, -0.05) is 0 Å². The highest BCUT2D eigenvalue weighted by atomic mass is 32.2. The van der Waals surface area contributed by atoms with E-state index in [2.05, 4.69) is 14.1 Å². The predicted octanol–water partition coefficient (Wildman–Crippen LogP) is -0.925. The zero-order valence-corrected chi connectivity index (χ0v) is 10.3. The van der Waals surface area contributed by atoms with Crippen molar-refractivity contribution >= 4 is 24.0 Å². The summed E-state index contributed by atoms with van der Waals surface area (Å²) in [6.07, 6.45) is -2.91. The first-order valence-electron chi connectivity index (χ1n) is 5.53. The molecule has 0 amide bonds. The number of carbonyl (C=O) groups excluding carboxylic acids is 2. The Balaban J connectivity index is 1.64. The first kappa shape index (κ1) is 13.9. The van der Waals surface area contributed by atoms with Crippen molar-refractivity contribution in [3.63, 3.8) is 0 Å². The van der Waals surface area contributed by atoms with Gasteiger partial charge in [0, 0.05) is 0 Å². The van der Waals surface area contributed by atoms with Gasteiger partial charge in [0.05, 0.1) is 12.0 Å². The van der Waals surface area contributed by atoms with Gasteiger partial charge in [0.1, 0.15) is 18.1 Å². The smallest absolute Gasteiger partial charge is 0.415 e. The van der Waals surface area contributed by atoms with Crippen molar-refractivity contribution in [3.8, 4) is 0 Å². The zero-order chi connectivity index (χ0) is 14.5. The minimum absolute atomic E-state index is 0.261. The Kier molecular flexibility index (Phi) is 3.33. The van der Waals surface area contributed by atoms with Crippen LogP contribution in [0.2, 0.25) is 0 Å². The van der Waals surface area contributed by atoms with E-state index in [0.717, 1.165) is 0 Å². The Morgan fingerprint density at radius 2 is 2.20 bits per heavy atom. The van der Waals surface area contributed by atoms with E-state index in [-0.39, 0.29) is 6.42 Å². The molecule has 11 heteroatoms. The van der Waals surface area contributed by atoms with Gasteiger partial charge in [-0.3, -0.25) is 9.83 Å². The summed E-state index contributed by atoms with van der Waals surface area (Å²) in [4.78, 5) is 22.7. The Morgan fingerprint density at radius 3 is 2.90 bits per heavy atom. The molecule has 8 nitrogen and oxygen atoms in total. The topological polar surface area (TPSA) is 103 Å². The van der Waals surface area contributed by atoms with Crippen LogP contribution in [0.4, 0.5) is 8.78 Å². The summed E-state index contributed by atoms with van der Waals surface area (Å²) in [6, 6.07) is 0. The number of ether oxygens (including phenoxy) is 3. The normalized spacial score (nSPS) is 38.1. The highest BCUT2D eigenvalue weighted by Crippen LogP contribution is 2.48. The third-order valence-electron chi connectivity index (χ3n) is 3.43. The minimum Gasteiger partial charge on any atom is -0.691 e. The molecule has 3 aliphatic rings. The Bertz CT molecular complexity index is 446. The molecule has 0 aromatic rings. The van der Waals surface area contributed by atoms with Crippen LogP contribution in [0.3, 0.4) is 0 Å². The minimum atomic E-state index is -4.13. The summed E-state index contributed by atoms with van der Waals surface area (Å²) in [5.41, 5.74) is 0. The van der Waals surface area contributed by atoms with Gasteiger partial charge in [0.15, 0.2) is 12.2 Å². The van der Waals surface area contributed by atoms with Crippen LogP contribution in [0.5, 0.6) is 0 Å². The van der Waals surface area contributed by atoms with E-state index in [0.29, 0.717) is 0 Å². The van der Waals surface area contributed by atoms with Crippen molar-refractivity contribution in [3.05, 3.63) is 0 Å². The third-order valence-corrected chi connectivity index (χ3v) is 3.93. The molecule has 3 aliphatic heterocycles. The summed E-state index contributed by atoms with van der Waals surface area (Å²) in [5.74, 6) is -2.84. The lowest BCUT2D eigenvalue weighted by Gasteiger charge is -2.24. The van der Waals surface area contributed by atoms with E-state index in [4.69, 9.17) is 9.47 Å². The van der Waals surface area contributed by atoms with Crippen LogP contribution in [0.1, 0.15) is 6.42 Å². The number of fused-ring (bicyclic) bond motifs is 1. The SMILES string of the molecule is O=C1OC2C(OC(=O)C(F)(F)SOO[O-])C3CC1C2O3. The molecule has 3 saturated heterocycles. The number of rotatable bonds is 5. The molecular formula is C9H7F2O8S-. The van der Waals surface area contributed by atoms with Gasteiger partial charge in [-0.25, -0.2) is 4.79 Å². The fraction of sp³-hybridized carbons (Fsp3) is 0.778. The summed E-state index contributed by atoms with van der Waals surface area (Å²) >= 11 is -0.781. The molecule has 3 heterocycles. The predicted molar refractivity (Wildman–Crippen MR) is 51.2 cm³/mol. The Hall–Kier alpha value is -1.01. The molecule has 0 N–H and O–H groups in total. The lowest BCUT2D eigenvalue weighted by molar-refractivity contribution is -0.777. The summed E-state index contributed by atoms with van der Waals surface area (Å²) in [6.45, 7) is 0. The number of alkyl halides is 2. The molecule has 0 radical (unpaired) electrons. The molecule has 20 heavy (non-hydrogen) atoms. The van der Waals surface area contributed by atoms with Gasteiger partial charge in [0.25, 0.3) is 0 Å². The maximum absolute atomic E-state index is 13.2. The molecule has 0 aliphatic carbocycles. The molecule has 0 saturated carbocycles. The van der Waals surface area contributed by atoms with Crippen LogP contribution in [-0.2, 0) is 33.2 Å². The lowest BCUT2D eigenvalue weighted by Crippen LogP contribution is -2.43. The first-order chi connectivity index (χ1) is 9.44. The zero-order valence-electron chi connectivity index (χ0n) is 9.52. The number of carbonyl (C=O) groups is 2. The molecular weight excluding hydrogens is 306 g/mol. The van der Waals surface area contributed by atoms with Crippen molar-refractivity contribution in [1.29, 1.82) is 0 Å². The van der Waals surface area contributed by atoms with E-state index < -0.39 is 59.6 Å². The quantitative estimate of drug-likeness (QED) is 0.276. The highest BCUT2D eigenvalue weighted by molar-refractivity contribution is 7.96. The van der Waals surface area contributed by atoms with Crippen LogP contribution >= 0.6 is 12.0 Å². The molecule has 3 fully saturated rings. The van der Waals surface area contributed by atoms with Crippen molar-refractivity contribution in [2.24, 2.45) is 5.92 Å². The molecule has 3 rings (SSSR count). The summed E-state index contributed by atoms with van der Waals surface area (Å²) in [5, 5.41) is 8.09. The van der Waals surface area contributed by atoms with Crippen molar-refractivity contribution in [1.82, 2.24) is 0 Å². The van der Waals surface area contributed by atoms with Crippen LogP contribution in [-0.4, -0.2) is 41.6 Å². The second-order valence-electron chi connectivity index (χ2n) is 4.49. The molecule has 112 valence electrons. The van der Waals surface area contributed by atoms with Gasteiger partial charge in [-0.15, -0.1) is 0 Å². The van der Waals surface area contributed by atoms with E-state index in [1.165, 1.54) is 0 Å².